The Morgan fingerprint density at radius 3 is 2.15 bits per heavy atom. The predicted octanol–water partition coefficient (Wildman–Crippen LogP) is 8.31. The zero-order valence-electron chi connectivity index (χ0n) is 20.6. The highest BCUT2D eigenvalue weighted by atomic mass is 15.2. The van der Waals surface area contributed by atoms with E-state index < -0.39 is 0 Å². The van der Waals surface area contributed by atoms with E-state index in [0.29, 0.717) is 0 Å². The van der Waals surface area contributed by atoms with Crippen molar-refractivity contribution in [3.63, 3.8) is 0 Å². The van der Waals surface area contributed by atoms with E-state index in [1.165, 1.54) is 33.7 Å². The second-order valence-corrected chi connectivity index (χ2v) is 8.31. The molecule has 170 valence electrons. The van der Waals surface area contributed by atoms with Gasteiger partial charge in [0.2, 0.25) is 0 Å². The molecule has 1 aliphatic rings. The molecule has 0 amide bonds. The smallest absolute Gasteiger partial charge is 0.0458 e. The lowest BCUT2D eigenvalue weighted by Crippen LogP contribution is -2.22. The Hall–Kier alpha value is -3.52. The quantitative estimate of drug-likeness (QED) is 0.419. The highest BCUT2D eigenvalue weighted by Crippen LogP contribution is 2.32. The fraction of sp³-hybridized carbons (Fsp3) is 0.226. The molecular weight excluding hydrogens is 400 g/mol. The third kappa shape index (κ3) is 6.26. The van der Waals surface area contributed by atoms with Crippen LogP contribution in [-0.4, -0.2) is 7.05 Å². The van der Waals surface area contributed by atoms with Crippen LogP contribution in [0.5, 0.6) is 0 Å². The molecule has 2 aromatic carbocycles. The molecule has 0 heterocycles. The number of allylic oxidation sites excluding steroid dienone is 10. The molecule has 0 saturated heterocycles. The maximum absolute atomic E-state index is 3.27. The first-order valence-corrected chi connectivity index (χ1v) is 11.7. The highest BCUT2D eigenvalue weighted by Gasteiger charge is 2.17. The number of benzene rings is 2. The number of rotatable bonds is 8. The molecule has 0 fully saturated rings. The van der Waals surface area contributed by atoms with Crippen LogP contribution in [0.4, 0.5) is 5.69 Å². The summed E-state index contributed by atoms with van der Waals surface area (Å²) in [5, 5.41) is 3.27. The lowest BCUT2D eigenvalue weighted by atomic mass is 10.0. The molecule has 2 nitrogen and oxygen atoms in total. The molecule has 0 atom stereocenters. The third-order valence-electron chi connectivity index (χ3n) is 5.94. The Labute approximate surface area is 200 Å². The lowest BCUT2D eigenvalue weighted by Gasteiger charge is -2.30. The van der Waals surface area contributed by atoms with Crippen molar-refractivity contribution in [2.45, 2.75) is 40.5 Å². The van der Waals surface area contributed by atoms with Gasteiger partial charge >= 0.3 is 0 Å². The first-order valence-electron chi connectivity index (χ1n) is 11.7. The summed E-state index contributed by atoms with van der Waals surface area (Å²) in [5.74, 6) is 0. The Balaban J connectivity index is 2.07. The molecule has 0 spiro atoms. The predicted molar refractivity (Wildman–Crippen MR) is 145 cm³/mol. The van der Waals surface area contributed by atoms with Gasteiger partial charge in [0, 0.05) is 29.8 Å². The van der Waals surface area contributed by atoms with Gasteiger partial charge in [-0.05, 0) is 87.6 Å². The summed E-state index contributed by atoms with van der Waals surface area (Å²) in [5.41, 5.74) is 9.86. The summed E-state index contributed by atoms with van der Waals surface area (Å²) in [7, 11) is 1.96. The number of nitrogens with zero attached hydrogens (tertiary/aromatic N) is 1. The van der Waals surface area contributed by atoms with Gasteiger partial charge in [0.25, 0.3) is 0 Å². The van der Waals surface area contributed by atoms with Crippen molar-refractivity contribution in [1.82, 2.24) is 5.32 Å². The molecule has 1 aliphatic carbocycles. The van der Waals surface area contributed by atoms with Crippen molar-refractivity contribution < 1.29 is 0 Å². The molecule has 0 unspecified atom stereocenters. The molecule has 0 radical (unpaired) electrons. The summed E-state index contributed by atoms with van der Waals surface area (Å²) < 4.78 is 0. The van der Waals surface area contributed by atoms with Crippen molar-refractivity contribution in [3.8, 4) is 11.1 Å². The summed E-state index contributed by atoms with van der Waals surface area (Å²) >= 11 is 0. The monoisotopic (exact) mass is 436 g/mol. The Morgan fingerprint density at radius 1 is 0.879 bits per heavy atom. The lowest BCUT2D eigenvalue weighted by molar-refractivity contribution is 0.863. The minimum absolute atomic E-state index is 1.02. The Morgan fingerprint density at radius 2 is 1.58 bits per heavy atom. The fourth-order valence-corrected chi connectivity index (χ4v) is 4.08. The van der Waals surface area contributed by atoms with Crippen LogP contribution in [0.25, 0.3) is 11.1 Å². The van der Waals surface area contributed by atoms with E-state index in [1.54, 1.807) is 0 Å². The molecule has 1 N–H and O–H groups in total. The van der Waals surface area contributed by atoms with Crippen LogP contribution >= 0.6 is 0 Å². The van der Waals surface area contributed by atoms with Gasteiger partial charge < -0.3 is 10.2 Å². The van der Waals surface area contributed by atoms with Crippen molar-refractivity contribution >= 4 is 5.69 Å². The molecule has 0 saturated carbocycles. The molecule has 2 heteroatoms. The maximum atomic E-state index is 3.27. The first-order chi connectivity index (χ1) is 16.1. The molecule has 0 aliphatic heterocycles. The Kier molecular flexibility index (Phi) is 8.71. The van der Waals surface area contributed by atoms with Gasteiger partial charge in [0.15, 0.2) is 0 Å². The van der Waals surface area contributed by atoms with Gasteiger partial charge in [0.1, 0.15) is 0 Å². The summed E-state index contributed by atoms with van der Waals surface area (Å²) in [6.45, 7) is 8.48. The van der Waals surface area contributed by atoms with Gasteiger partial charge in [-0.15, -0.1) is 0 Å². The SMILES string of the molecule is C\C=C/C(=C\C=C(C)\C(=C\C)NC)N(C1=CC=C(C)CC1)c1ccc(-c2ccccc2)cc1. The van der Waals surface area contributed by atoms with Crippen LogP contribution < -0.4 is 10.2 Å². The van der Waals surface area contributed by atoms with Crippen molar-refractivity contribution in [1.29, 1.82) is 0 Å². The molecular formula is C31H36N2. The molecule has 0 aromatic heterocycles. The van der Waals surface area contributed by atoms with Crippen LogP contribution in [0.2, 0.25) is 0 Å². The average molecular weight is 437 g/mol. The second kappa shape index (κ2) is 11.9. The standard InChI is InChI=1S/C31H36N2/c1-6-11-28(21-16-25(4)31(7-2)32-5)33(29-19-14-24(3)15-20-29)30-22-17-27(18-23-30)26-12-9-8-10-13-26/h6-14,16-19,21-23,32H,15,20H2,1-5H3/b11-6-,25-16+,28-21+,31-7-. The number of nitrogens with one attached hydrogen (secondary N) is 1. The van der Waals surface area contributed by atoms with E-state index in [2.05, 4.69) is 135 Å². The van der Waals surface area contributed by atoms with Crippen LogP contribution in [0.3, 0.4) is 0 Å². The fourth-order valence-electron chi connectivity index (χ4n) is 4.08. The van der Waals surface area contributed by atoms with Crippen LogP contribution in [-0.2, 0) is 0 Å². The van der Waals surface area contributed by atoms with Crippen molar-refractivity contribution in [3.05, 3.63) is 125 Å². The van der Waals surface area contributed by atoms with Crippen molar-refractivity contribution in [2.24, 2.45) is 0 Å². The van der Waals surface area contributed by atoms with Gasteiger partial charge in [-0.1, -0.05) is 72.3 Å². The van der Waals surface area contributed by atoms with Crippen LogP contribution in [0.1, 0.15) is 40.5 Å². The first kappa shape index (κ1) is 24.1. The highest BCUT2D eigenvalue weighted by molar-refractivity contribution is 5.69. The average Bonchev–Trinajstić information content (AvgIpc) is 2.85. The van der Waals surface area contributed by atoms with Gasteiger partial charge in [-0.2, -0.15) is 0 Å². The topological polar surface area (TPSA) is 15.3 Å². The number of hydrogen-bond donors (Lipinski definition) is 1. The summed E-state index contributed by atoms with van der Waals surface area (Å²) in [6.07, 6.45) is 17.4. The third-order valence-corrected chi connectivity index (χ3v) is 5.94. The minimum Gasteiger partial charge on any atom is -0.388 e. The minimum atomic E-state index is 1.02. The summed E-state index contributed by atoms with van der Waals surface area (Å²) in [4.78, 5) is 2.39. The van der Waals surface area contributed by atoms with Crippen LogP contribution in [0.15, 0.2) is 125 Å². The number of likely N-dealkylation sites (N-methyl/N-ethyl adjacent to an activating group) is 1. The summed E-state index contributed by atoms with van der Waals surface area (Å²) in [6, 6.07) is 19.4. The number of anilines is 1. The maximum Gasteiger partial charge on any atom is 0.0458 e. The Bertz CT molecular complexity index is 1110. The molecule has 0 bridgehead atoms. The molecule has 3 rings (SSSR count). The van der Waals surface area contributed by atoms with E-state index in [9.17, 15) is 0 Å². The van der Waals surface area contributed by atoms with Crippen molar-refractivity contribution in [2.75, 3.05) is 11.9 Å². The normalized spacial score (nSPS) is 15.4. The van der Waals surface area contributed by atoms with Gasteiger partial charge in [-0.3, -0.25) is 0 Å². The van der Waals surface area contributed by atoms with E-state index in [0.717, 1.165) is 24.2 Å². The van der Waals surface area contributed by atoms with Crippen LogP contribution in [0, 0.1) is 0 Å². The van der Waals surface area contributed by atoms with E-state index >= 15 is 0 Å². The van der Waals surface area contributed by atoms with E-state index in [1.807, 2.05) is 7.05 Å². The zero-order chi connectivity index (χ0) is 23.6. The molecule has 33 heavy (non-hydrogen) atoms. The van der Waals surface area contributed by atoms with E-state index in [-0.39, 0.29) is 0 Å². The largest absolute Gasteiger partial charge is 0.388 e. The number of hydrogen-bond acceptors (Lipinski definition) is 2. The van der Waals surface area contributed by atoms with Gasteiger partial charge in [-0.25, -0.2) is 0 Å². The van der Waals surface area contributed by atoms with E-state index in [4.69, 9.17) is 0 Å². The van der Waals surface area contributed by atoms with Gasteiger partial charge in [0.05, 0.1) is 0 Å². The second-order valence-electron chi connectivity index (χ2n) is 8.31. The zero-order valence-corrected chi connectivity index (χ0v) is 20.6. The molecule has 2 aromatic rings.